The van der Waals surface area contributed by atoms with Crippen molar-refractivity contribution < 1.29 is 4.39 Å². The highest BCUT2D eigenvalue weighted by molar-refractivity contribution is 6.31. The molecule has 236 valence electrons. The van der Waals surface area contributed by atoms with Gasteiger partial charge in [0.25, 0.3) is 0 Å². The Hall–Kier alpha value is -3.79. The van der Waals surface area contributed by atoms with E-state index in [0.29, 0.717) is 28.3 Å². The van der Waals surface area contributed by atoms with Crippen LogP contribution in [0.3, 0.4) is 0 Å². The molecule has 0 saturated carbocycles. The van der Waals surface area contributed by atoms with Gasteiger partial charge in [0, 0.05) is 41.0 Å². The molecule has 0 spiro atoms. The fourth-order valence-corrected chi connectivity index (χ4v) is 6.71. The Labute approximate surface area is 267 Å². The summed E-state index contributed by atoms with van der Waals surface area (Å²) < 4.78 is 16.7. The number of nitrogens with zero attached hydrogens (tertiary/aromatic N) is 3. The van der Waals surface area contributed by atoms with Crippen LogP contribution in [0.2, 0.25) is 5.02 Å². The van der Waals surface area contributed by atoms with Gasteiger partial charge in [-0.05, 0) is 107 Å². The van der Waals surface area contributed by atoms with Crippen LogP contribution in [-0.4, -0.2) is 36.6 Å². The van der Waals surface area contributed by atoms with Gasteiger partial charge in [-0.25, -0.2) is 14.2 Å². The van der Waals surface area contributed by atoms with Gasteiger partial charge in [-0.15, -0.1) is 0 Å². The third kappa shape index (κ3) is 7.21. The topological polar surface area (TPSA) is 117 Å². The predicted molar refractivity (Wildman–Crippen MR) is 178 cm³/mol. The van der Waals surface area contributed by atoms with Crippen LogP contribution in [0.25, 0.3) is 28.0 Å². The van der Waals surface area contributed by atoms with Crippen LogP contribution in [0, 0.1) is 12.7 Å². The summed E-state index contributed by atoms with van der Waals surface area (Å²) in [5, 5.41) is 4.62. The third-order valence-electron chi connectivity index (χ3n) is 8.97. The maximum Gasteiger partial charge on any atom is 0.354 e. The average molecular weight is 630 g/mol. The lowest BCUT2D eigenvalue weighted by Crippen LogP contribution is -2.36. The second kappa shape index (κ2) is 13.7. The van der Waals surface area contributed by atoms with Crippen molar-refractivity contribution in [2.24, 2.45) is 5.73 Å². The van der Waals surface area contributed by atoms with E-state index < -0.39 is 11.5 Å². The number of aromatic amines is 2. The fraction of sp³-hybridized carbons (Fsp3) is 0.400. The quantitative estimate of drug-likeness (QED) is 0.125. The van der Waals surface area contributed by atoms with Gasteiger partial charge in [0.2, 0.25) is 0 Å². The molecule has 5 N–H and O–H groups in total. The summed E-state index contributed by atoms with van der Waals surface area (Å²) in [5.74, 6) is -0.503. The first-order valence-corrected chi connectivity index (χ1v) is 16.3. The van der Waals surface area contributed by atoms with Gasteiger partial charge < -0.3 is 21.0 Å². The van der Waals surface area contributed by atoms with Crippen molar-refractivity contribution in [1.29, 1.82) is 0 Å². The highest BCUT2D eigenvalue weighted by Crippen LogP contribution is 2.32. The number of rotatable bonds is 11. The van der Waals surface area contributed by atoms with Gasteiger partial charge in [0.05, 0.1) is 28.4 Å². The van der Waals surface area contributed by atoms with E-state index in [1.807, 2.05) is 31.2 Å². The number of fused-ring (bicyclic) bond motifs is 1. The van der Waals surface area contributed by atoms with E-state index in [-0.39, 0.29) is 17.1 Å². The summed E-state index contributed by atoms with van der Waals surface area (Å²) in [4.78, 5) is 28.1. The van der Waals surface area contributed by atoms with Crippen molar-refractivity contribution in [2.45, 2.75) is 89.8 Å². The number of benzene rings is 2. The molecule has 0 amide bonds. The van der Waals surface area contributed by atoms with Crippen molar-refractivity contribution in [3.63, 3.8) is 0 Å². The molecule has 45 heavy (non-hydrogen) atoms. The number of halogens is 2. The molecule has 1 saturated heterocycles. The maximum absolute atomic E-state index is 15.2. The number of imidazole rings is 1. The van der Waals surface area contributed by atoms with Crippen molar-refractivity contribution >= 4 is 22.6 Å². The zero-order valence-electron chi connectivity index (χ0n) is 25.9. The Kier molecular flexibility index (Phi) is 9.49. The number of nitrogens with two attached hydrogens (primary N) is 1. The van der Waals surface area contributed by atoms with Crippen LogP contribution in [0.5, 0.6) is 0 Å². The van der Waals surface area contributed by atoms with Gasteiger partial charge in [-0.3, -0.25) is 4.57 Å². The first-order valence-electron chi connectivity index (χ1n) is 16.0. The van der Waals surface area contributed by atoms with Crippen LogP contribution in [0.15, 0.2) is 59.8 Å². The number of hydrogen-bond acceptors (Lipinski definition) is 5. The van der Waals surface area contributed by atoms with Gasteiger partial charge in [0.15, 0.2) is 5.82 Å². The second-order valence-electron chi connectivity index (χ2n) is 12.5. The molecule has 1 aliphatic rings. The molecular weight excluding hydrogens is 589 g/mol. The van der Waals surface area contributed by atoms with Gasteiger partial charge >= 0.3 is 5.69 Å². The van der Waals surface area contributed by atoms with Crippen LogP contribution in [0.1, 0.15) is 80.4 Å². The van der Waals surface area contributed by atoms with E-state index in [1.165, 1.54) is 23.0 Å². The Balaban J connectivity index is 1.16. The molecule has 8 nitrogen and oxygen atoms in total. The van der Waals surface area contributed by atoms with E-state index >= 15 is 4.39 Å². The molecule has 0 aliphatic carbocycles. The summed E-state index contributed by atoms with van der Waals surface area (Å²) >= 11 is 6.27. The standard InChI is InChI=1S/C35H41ClFN7O/c1-21(38)6-3-7-23-16-28(33(37)29(36)17-23)32-18-25-19-44(35(45)43-34(25)42-32)27-14-12-24(13-15-27)31-11-5-9-26(41-31)8-4-10-30-22(2)39-20-40-30/h12-21,26,31,41H,3-11,38H2,1-2H3,(H,39,40)(H,42,43,45)/t21-,26+,31-/m0/s1. The van der Waals surface area contributed by atoms with Crippen molar-refractivity contribution in [1.82, 2.24) is 29.8 Å². The minimum absolute atomic E-state index is 0.0671. The monoisotopic (exact) mass is 629 g/mol. The molecular formula is C35H41ClFN7O. The minimum atomic E-state index is -0.503. The van der Waals surface area contributed by atoms with E-state index in [0.717, 1.165) is 67.6 Å². The fourth-order valence-electron chi connectivity index (χ4n) is 6.47. The van der Waals surface area contributed by atoms with E-state index in [1.54, 1.807) is 18.6 Å². The Morgan fingerprint density at radius 2 is 1.96 bits per heavy atom. The Morgan fingerprint density at radius 3 is 2.71 bits per heavy atom. The number of nitrogens with one attached hydrogen (secondary N) is 3. The maximum atomic E-state index is 15.2. The number of piperidine rings is 1. The first kappa shape index (κ1) is 31.2. The average Bonchev–Trinajstić information content (AvgIpc) is 3.63. The molecule has 1 fully saturated rings. The lowest BCUT2D eigenvalue weighted by atomic mass is 9.91. The molecule has 4 heterocycles. The zero-order chi connectivity index (χ0) is 31.5. The summed E-state index contributed by atoms with van der Waals surface area (Å²) in [7, 11) is 0. The Morgan fingerprint density at radius 1 is 1.13 bits per heavy atom. The Bertz CT molecular complexity index is 1820. The van der Waals surface area contributed by atoms with Gasteiger partial charge in [-0.2, -0.15) is 4.98 Å². The largest absolute Gasteiger partial charge is 0.354 e. The summed E-state index contributed by atoms with van der Waals surface area (Å²) in [6, 6.07) is 14.3. The lowest BCUT2D eigenvalue weighted by molar-refractivity contribution is 0.308. The third-order valence-corrected chi connectivity index (χ3v) is 9.24. The smallest absolute Gasteiger partial charge is 0.348 e. The molecule has 0 radical (unpaired) electrons. The highest BCUT2D eigenvalue weighted by Gasteiger charge is 2.22. The van der Waals surface area contributed by atoms with Crippen molar-refractivity contribution in [3.05, 3.63) is 98.8 Å². The summed E-state index contributed by atoms with van der Waals surface area (Å²) in [6.45, 7) is 4.05. The summed E-state index contributed by atoms with van der Waals surface area (Å²) in [6.07, 6.45) is 12.7. The zero-order valence-corrected chi connectivity index (χ0v) is 26.6. The lowest BCUT2D eigenvalue weighted by Gasteiger charge is -2.31. The molecule has 10 heteroatoms. The molecule has 1 aliphatic heterocycles. The number of H-pyrrole nitrogens is 2. The first-order chi connectivity index (χ1) is 21.7. The molecule has 0 unspecified atom stereocenters. The molecule has 5 aromatic rings. The van der Waals surface area contributed by atoms with E-state index in [2.05, 4.69) is 44.3 Å². The molecule has 2 aromatic carbocycles. The van der Waals surface area contributed by atoms with Crippen LogP contribution in [-0.2, 0) is 12.8 Å². The number of aromatic nitrogens is 5. The minimum Gasteiger partial charge on any atom is -0.348 e. The second-order valence-corrected chi connectivity index (χ2v) is 12.9. The summed E-state index contributed by atoms with van der Waals surface area (Å²) in [5.41, 5.74) is 12.0. The SMILES string of the molecule is Cc1[nH]cnc1CCC[C@@H]1CCC[C@@H](c2ccc(-n3cc4cc(-c5cc(CCC[C@H](C)N)cc(Cl)c5F)[nH]c4nc3=O)cc2)N1. The predicted octanol–water partition coefficient (Wildman–Crippen LogP) is 7.08. The number of hydrogen-bond donors (Lipinski definition) is 4. The molecule has 0 bridgehead atoms. The van der Waals surface area contributed by atoms with Crippen LogP contribution in [0.4, 0.5) is 4.39 Å². The van der Waals surface area contributed by atoms with Crippen molar-refractivity contribution in [3.8, 4) is 16.9 Å². The van der Waals surface area contributed by atoms with Crippen LogP contribution < -0.4 is 16.7 Å². The van der Waals surface area contributed by atoms with E-state index in [9.17, 15) is 4.79 Å². The van der Waals surface area contributed by atoms with Crippen LogP contribution >= 0.6 is 11.6 Å². The molecule has 3 atom stereocenters. The van der Waals surface area contributed by atoms with Crippen molar-refractivity contribution in [2.75, 3.05) is 0 Å². The van der Waals surface area contributed by atoms with Gasteiger partial charge in [0.1, 0.15) is 5.65 Å². The van der Waals surface area contributed by atoms with Gasteiger partial charge in [-0.1, -0.05) is 30.2 Å². The normalized spacial score (nSPS) is 17.6. The molecule has 3 aromatic heterocycles. The van der Waals surface area contributed by atoms with E-state index in [4.69, 9.17) is 17.3 Å². The number of aryl methyl sites for hydroxylation is 3. The molecule has 6 rings (SSSR count). The highest BCUT2D eigenvalue weighted by atomic mass is 35.5.